The Labute approximate surface area is 72.6 Å². The summed E-state index contributed by atoms with van der Waals surface area (Å²) in [5.41, 5.74) is 1.08. The highest BCUT2D eigenvalue weighted by Crippen LogP contribution is 2.06. The lowest BCUT2D eigenvalue weighted by Gasteiger charge is -2.10. The van der Waals surface area contributed by atoms with Gasteiger partial charge in [-0.25, -0.2) is 0 Å². The zero-order chi connectivity index (χ0) is 8.81. The highest BCUT2D eigenvalue weighted by atomic mass is 16.6. The minimum absolute atomic E-state index is 0.209. The molecule has 1 aliphatic rings. The lowest BCUT2D eigenvalue weighted by Crippen LogP contribution is -2.31. The average Bonchev–Trinajstić information content (AvgIpc) is 2.31. The molecule has 0 aromatic rings. The number of oxime groups is 1. The summed E-state index contributed by atoms with van der Waals surface area (Å²) in [6, 6.07) is 0.231. The second-order valence-electron chi connectivity index (χ2n) is 2.96. The van der Waals surface area contributed by atoms with Crippen LogP contribution in [0, 0.1) is 0 Å². The first-order valence-corrected chi connectivity index (χ1v) is 4.30. The largest absolute Gasteiger partial charge is 0.399 e. The summed E-state index contributed by atoms with van der Waals surface area (Å²) < 4.78 is 0. The van der Waals surface area contributed by atoms with Crippen LogP contribution in [0.3, 0.4) is 0 Å². The van der Waals surface area contributed by atoms with E-state index in [1.165, 1.54) is 0 Å². The van der Waals surface area contributed by atoms with Crippen molar-refractivity contribution in [1.82, 2.24) is 5.32 Å². The van der Waals surface area contributed by atoms with Crippen LogP contribution in [0.5, 0.6) is 0 Å². The molecule has 1 saturated heterocycles. The van der Waals surface area contributed by atoms with Crippen molar-refractivity contribution < 1.29 is 9.94 Å². The van der Waals surface area contributed by atoms with Crippen LogP contribution in [0.25, 0.3) is 0 Å². The molecule has 0 aromatic heterocycles. The van der Waals surface area contributed by atoms with E-state index >= 15 is 0 Å². The third kappa shape index (κ3) is 2.79. The predicted molar refractivity (Wildman–Crippen MR) is 47.2 cm³/mol. The lowest BCUT2D eigenvalue weighted by molar-refractivity contribution is 0.211. The molecule has 2 N–H and O–H groups in total. The highest BCUT2D eigenvalue weighted by molar-refractivity contribution is 5.84. The second-order valence-corrected chi connectivity index (χ2v) is 2.96. The van der Waals surface area contributed by atoms with Crippen molar-refractivity contribution in [3.05, 3.63) is 0 Å². The standard InChI is InChI=1S/C8H16N2O2/c1-12-10-7-2-3-8(6-11)9-5-4-7/h8-9,11H,2-6H2,1H3/t8-/m0/s1. The molecule has 70 valence electrons. The Morgan fingerprint density at radius 3 is 3.17 bits per heavy atom. The van der Waals surface area contributed by atoms with Gasteiger partial charge in [0.2, 0.25) is 0 Å². The van der Waals surface area contributed by atoms with Crippen LogP contribution in [0.1, 0.15) is 19.3 Å². The molecule has 4 heteroatoms. The molecular weight excluding hydrogens is 156 g/mol. The maximum Gasteiger partial charge on any atom is 0.106 e. The molecule has 4 nitrogen and oxygen atoms in total. The number of rotatable bonds is 2. The van der Waals surface area contributed by atoms with Gasteiger partial charge in [-0.3, -0.25) is 0 Å². The Balaban J connectivity index is 2.39. The van der Waals surface area contributed by atoms with E-state index in [0.29, 0.717) is 0 Å². The van der Waals surface area contributed by atoms with Crippen LogP contribution in [0.2, 0.25) is 0 Å². The fourth-order valence-corrected chi connectivity index (χ4v) is 1.36. The van der Waals surface area contributed by atoms with Gasteiger partial charge in [0.25, 0.3) is 0 Å². The van der Waals surface area contributed by atoms with Crippen LogP contribution >= 0.6 is 0 Å². The van der Waals surface area contributed by atoms with Gasteiger partial charge in [-0.05, 0) is 12.8 Å². The van der Waals surface area contributed by atoms with Crippen LogP contribution in [0.15, 0.2) is 5.16 Å². The SMILES string of the molecule is CON=C1CCN[C@H](CO)CC1. The fraction of sp³-hybridized carbons (Fsp3) is 0.875. The normalized spacial score (nSPS) is 28.5. The zero-order valence-corrected chi connectivity index (χ0v) is 7.42. The van der Waals surface area contributed by atoms with E-state index in [0.717, 1.165) is 31.5 Å². The molecular formula is C8H16N2O2. The molecule has 0 aliphatic carbocycles. The topological polar surface area (TPSA) is 53.8 Å². The molecule has 0 aromatic carbocycles. The molecule has 0 unspecified atom stereocenters. The van der Waals surface area contributed by atoms with E-state index in [9.17, 15) is 0 Å². The zero-order valence-electron chi connectivity index (χ0n) is 7.42. The third-order valence-electron chi connectivity index (χ3n) is 2.07. The van der Waals surface area contributed by atoms with Crippen molar-refractivity contribution in [2.24, 2.45) is 5.16 Å². The lowest BCUT2D eigenvalue weighted by atomic mass is 10.1. The first-order chi connectivity index (χ1) is 5.86. The molecule has 0 spiro atoms. The number of aliphatic hydroxyl groups excluding tert-OH is 1. The Bertz CT molecular complexity index is 159. The summed E-state index contributed by atoms with van der Waals surface area (Å²) in [7, 11) is 1.56. The summed E-state index contributed by atoms with van der Waals surface area (Å²) in [5.74, 6) is 0. The van der Waals surface area contributed by atoms with E-state index in [1.807, 2.05) is 0 Å². The van der Waals surface area contributed by atoms with Gasteiger partial charge in [0, 0.05) is 19.0 Å². The summed E-state index contributed by atoms with van der Waals surface area (Å²) in [6.45, 7) is 1.09. The summed E-state index contributed by atoms with van der Waals surface area (Å²) >= 11 is 0. The predicted octanol–water partition coefficient (Wildman–Crippen LogP) is 0.123. The van der Waals surface area contributed by atoms with Crippen LogP contribution in [-0.2, 0) is 4.84 Å². The molecule has 0 saturated carbocycles. The number of nitrogens with one attached hydrogen (secondary N) is 1. The molecule has 1 rings (SSSR count). The maximum absolute atomic E-state index is 8.90. The van der Waals surface area contributed by atoms with Crippen molar-refractivity contribution in [3.63, 3.8) is 0 Å². The molecule has 0 bridgehead atoms. The highest BCUT2D eigenvalue weighted by Gasteiger charge is 2.13. The summed E-state index contributed by atoms with van der Waals surface area (Å²) in [6.07, 6.45) is 2.79. The first kappa shape index (κ1) is 9.48. The summed E-state index contributed by atoms with van der Waals surface area (Å²) in [5, 5.41) is 16.0. The van der Waals surface area contributed by atoms with E-state index in [2.05, 4.69) is 10.5 Å². The van der Waals surface area contributed by atoms with Gasteiger partial charge in [0.05, 0.1) is 12.3 Å². The molecule has 1 atom stereocenters. The van der Waals surface area contributed by atoms with E-state index in [1.54, 1.807) is 7.11 Å². The Morgan fingerprint density at radius 1 is 1.67 bits per heavy atom. The van der Waals surface area contributed by atoms with Gasteiger partial charge in [-0.2, -0.15) is 0 Å². The van der Waals surface area contributed by atoms with Crippen molar-refractivity contribution in [1.29, 1.82) is 0 Å². The Morgan fingerprint density at radius 2 is 2.50 bits per heavy atom. The van der Waals surface area contributed by atoms with E-state index in [4.69, 9.17) is 9.94 Å². The third-order valence-corrected chi connectivity index (χ3v) is 2.07. The molecule has 1 fully saturated rings. The van der Waals surface area contributed by atoms with Crippen molar-refractivity contribution >= 4 is 5.71 Å². The molecule has 1 heterocycles. The van der Waals surface area contributed by atoms with E-state index in [-0.39, 0.29) is 12.6 Å². The van der Waals surface area contributed by atoms with Crippen LogP contribution in [0.4, 0.5) is 0 Å². The number of aliphatic hydroxyl groups is 1. The molecule has 1 aliphatic heterocycles. The van der Waals surface area contributed by atoms with Gasteiger partial charge in [0.15, 0.2) is 0 Å². The maximum atomic E-state index is 8.90. The van der Waals surface area contributed by atoms with Gasteiger partial charge >= 0.3 is 0 Å². The monoisotopic (exact) mass is 172 g/mol. The number of hydrogen-bond acceptors (Lipinski definition) is 4. The Kier molecular flexibility index (Phi) is 4.04. The minimum atomic E-state index is 0.209. The van der Waals surface area contributed by atoms with Crippen molar-refractivity contribution in [3.8, 4) is 0 Å². The fourth-order valence-electron chi connectivity index (χ4n) is 1.36. The second kappa shape index (κ2) is 5.11. The van der Waals surface area contributed by atoms with Crippen LogP contribution < -0.4 is 5.32 Å². The first-order valence-electron chi connectivity index (χ1n) is 4.30. The molecule has 12 heavy (non-hydrogen) atoms. The summed E-state index contributed by atoms with van der Waals surface area (Å²) in [4.78, 5) is 4.70. The van der Waals surface area contributed by atoms with Gasteiger partial charge < -0.3 is 15.3 Å². The van der Waals surface area contributed by atoms with Gasteiger partial charge in [-0.15, -0.1) is 0 Å². The molecule has 0 amide bonds. The average molecular weight is 172 g/mol. The van der Waals surface area contributed by atoms with Gasteiger partial charge in [-0.1, -0.05) is 5.16 Å². The quantitative estimate of drug-likeness (QED) is 0.582. The van der Waals surface area contributed by atoms with E-state index < -0.39 is 0 Å². The van der Waals surface area contributed by atoms with Gasteiger partial charge in [0.1, 0.15) is 7.11 Å². The van der Waals surface area contributed by atoms with Crippen molar-refractivity contribution in [2.75, 3.05) is 20.3 Å². The Hall–Kier alpha value is -0.610. The molecule has 0 radical (unpaired) electrons. The number of hydrogen-bond donors (Lipinski definition) is 2. The number of nitrogens with zero attached hydrogens (tertiary/aromatic N) is 1. The minimum Gasteiger partial charge on any atom is -0.399 e. The smallest absolute Gasteiger partial charge is 0.106 e. The van der Waals surface area contributed by atoms with Crippen LogP contribution in [-0.4, -0.2) is 37.1 Å². The van der Waals surface area contributed by atoms with Crippen molar-refractivity contribution in [2.45, 2.75) is 25.3 Å².